The van der Waals surface area contributed by atoms with E-state index in [1.165, 1.54) is 11.8 Å². The third kappa shape index (κ3) is 5.19. The number of nitrogens with zero attached hydrogens (tertiary/aromatic N) is 7. The zero-order valence-corrected chi connectivity index (χ0v) is 21.5. The van der Waals surface area contributed by atoms with Gasteiger partial charge in [-0.25, -0.2) is 39.6 Å². The van der Waals surface area contributed by atoms with Crippen molar-refractivity contribution in [3.8, 4) is 17.0 Å². The third-order valence-corrected chi connectivity index (χ3v) is 7.69. The van der Waals surface area contributed by atoms with Gasteiger partial charge in [-0.2, -0.15) is 9.29 Å². The molecule has 1 N–H and O–H groups in total. The van der Waals surface area contributed by atoms with Gasteiger partial charge in [0.05, 0.1) is 43.2 Å². The molecule has 1 unspecified atom stereocenters. The molecule has 1 saturated heterocycles. The Hall–Kier alpha value is -3.60. The van der Waals surface area contributed by atoms with Gasteiger partial charge < -0.3 is 10.1 Å². The van der Waals surface area contributed by atoms with Gasteiger partial charge in [0.15, 0.2) is 5.82 Å². The minimum absolute atomic E-state index is 0.0358. The minimum Gasteiger partial charge on any atom is -0.479 e. The lowest BCUT2D eigenvalue weighted by molar-refractivity contribution is -0.0541. The minimum atomic E-state index is -3.80. The van der Waals surface area contributed by atoms with Crippen LogP contribution < -0.4 is 10.1 Å². The Bertz CT molecular complexity index is 1640. The number of methoxy groups -OCH3 is 1. The van der Waals surface area contributed by atoms with Crippen molar-refractivity contribution in [2.75, 3.05) is 31.8 Å². The highest BCUT2D eigenvalue weighted by molar-refractivity contribution is 7.88. The summed E-state index contributed by atoms with van der Waals surface area (Å²) in [7, 11) is -2.52. The summed E-state index contributed by atoms with van der Waals surface area (Å²) in [5.74, 6) is -4.55. The van der Waals surface area contributed by atoms with Crippen molar-refractivity contribution in [2.45, 2.75) is 37.8 Å². The van der Waals surface area contributed by atoms with Crippen LogP contribution in [0.4, 0.5) is 27.9 Å². The second kappa shape index (κ2) is 9.86. The van der Waals surface area contributed by atoms with Gasteiger partial charge >= 0.3 is 0 Å². The summed E-state index contributed by atoms with van der Waals surface area (Å²) in [6.07, 6.45) is -1.29. The Balaban J connectivity index is 1.50. The van der Waals surface area contributed by atoms with E-state index in [1.54, 1.807) is 18.2 Å². The standard InChI is InChI=1S/C22H23F5N8O3S/c1-38-20-19-18(12-3-4-14-15(9-12)34(32-30-14)8-6-17(24)25)13(23)10-35(19)31-21(29-20)28-16-5-7-33(39(2,36)37)11-22(16,26)27/h3-4,9-10,16-17H,5-8,11H2,1-2H3,(H,28,31). The number of rotatable bonds is 8. The van der Waals surface area contributed by atoms with Crippen LogP contribution in [0, 0.1) is 5.82 Å². The molecule has 0 saturated carbocycles. The Morgan fingerprint density at radius 3 is 2.72 bits per heavy atom. The molecular formula is C22H23F5N8O3S. The van der Waals surface area contributed by atoms with Crippen molar-refractivity contribution in [2.24, 2.45) is 0 Å². The second-order valence-corrected chi connectivity index (χ2v) is 11.1. The van der Waals surface area contributed by atoms with Crippen molar-refractivity contribution in [3.63, 3.8) is 0 Å². The van der Waals surface area contributed by atoms with Crippen molar-refractivity contribution in [3.05, 3.63) is 30.2 Å². The van der Waals surface area contributed by atoms with Crippen molar-refractivity contribution < 1.29 is 35.1 Å². The van der Waals surface area contributed by atoms with Crippen LogP contribution in [0.2, 0.25) is 0 Å². The number of aryl methyl sites for hydroxylation is 1. The molecule has 210 valence electrons. The molecule has 0 amide bonds. The quantitative estimate of drug-likeness (QED) is 0.319. The molecule has 1 aromatic carbocycles. The van der Waals surface area contributed by atoms with Gasteiger partial charge in [0.1, 0.15) is 11.0 Å². The van der Waals surface area contributed by atoms with E-state index in [1.807, 2.05) is 0 Å². The van der Waals surface area contributed by atoms with Crippen LogP contribution in [-0.4, -0.2) is 87.2 Å². The fourth-order valence-corrected chi connectivity index (χ4v) is 5.37. The number of nitrogens with one attached hydrogen (secondary N) is 1. The highest BCUT2D eigenvalue weighted by atomic mass is 32.2. The summed E-state index contributed by atoms with van der Waals surface area (Å²) in [4.78, 5) is 4.15. The molecule has 17 heteroatoms. The second-order valence-electron chi connectivity index (χ2n) is 9.13. The predicted octanol–water partition coefficient (Wildman–Crippen LogP) is 3.03. The lowest BCUT2D eigenvalue weighted by Crippen LogP contribution is -2.55. The van der Waals surface area contributed by atoms with Gasteiger partial charge in [-0.15, -0.1) is 10.2 Å². The fraction of sp³-hybridized carbons (Fsp3) is 0.455. The van der Waals surface area contributed by atoms with E-state index in [4.69, 9.17) is 4.74 Å². The predicted molar refractivity (Wildman–Crippen MR) is 130 cm³/mol. The number of sulfonamides is 1. The average molecular weight is 575 g/mol. The lowest BCUT2D eigenvalue weighted by Gasteiger charge is -2.37. The summed E-state index contributed by atoms with van der Waals surface area (Å²) in [5.41, 5.74) is 1.31. The molecule has 1 aliphatic rings. The Morgan fingerprint density at radius 2 is 2.05 bits per heavy atom. The summed E-state index contributed by atoms with van der Waals surface area (Å²) < 4.78 is 102. The van der Waals surface area contributed by atoms with Crippen LogP contribution in [0.5, 0.6) is 5.88 Å². The number of fused-ring (bicyclic) bond motifs is 2. The van der Waals surface area contributed by atoms with Gasteiger partial charge in [-0.05, 0) is 24.1 Å². The number of ether oxygens (including phenoxy) is 1. The Labute approximate surface area is 218 Å². The van der Waals surface area contributed by atoms with Crippen LogP contribution in [0.25, 0.3) is 27.7 Å². The van der Waals surface area contributed by atoms with E-state index in [0.717, 1.165) is 17.0 Å². The van der Waals surface area contributed by atoms with Crippen molar-refractivity contribution >= 4 is 32.5 Å². The Morgan fingerprint density at radius 1 is 1.28 bits per heavy atom. The Kier molecular flexibility index (Phi) is 6.82. The monoisotopic (exact) mass is 574 g/mol. The molecule has 4 aromatic rings. The summed E-state index contributed by atoms with van der Waals surface area (Å²) >= 11 is 0. The average Bonchev–Trinajstić information content (AvgIpc) is 3.41. The molecule has 1 fully saturated rings. The normalized spacial score (nSPS) is 18.3. The molecule has 4 heterocycles. The van der Waals surface area contributed by atoms with Gasteiger partial charge in [-0.1, -0.05) is 11.3 Å². The van der Waals surface area contributed by atoms with Crippen LogP contribution in [0.3, 0.4) is 0 Å². The highest BCUT2D eigenvalue weighted by Gasteiger charge is 2.47. The van der Waals surface area contributed by atoms with Gasteiger partial charge in [-0.3, -0.25) is 0 Å². The maximum absolute atomic E-state index is 15.3. The van der Waals surface area contributed by atoms with Gasteiger partial charge in [0.2, 0.25) is 28.3 Å². The molecular weight excluding hydrogens is 551 g/mol. The van der Waals surface area contributed by atoms with E-state index in [-0.39, 0.29) is 42.4 Å². The maximum atomic E-state index is 15.3. The molecule has 0 spiro atoms. The largest absolute Gasteiger partial charge is 0.479 e. The number of benzene rings is 1. The van der Waals surface area contributed by atoms with E-state index in [2.05, 4.69) is 25.7 Å². The number of anilines is 1. The molecule has 1 aliphatic heterocycles. The van der Waals surface area contributed by atoms with E-state index in [0.29, 0.717) is 20.9 Å². The van der Waals surface area contributed by atoms with Gasteiger partial charge in [0.25, 0.3) is 5.92 Å². The molecule has 0 radical (unpaired) electrons. The highest BCUT2D eigenvalue weighted by Crippen LogP contribution is 2.36. The molecule has 5 rings (SSSR count). The topological polar surface area (TPSA) is 120 Å². The molecule has 11 nitrogen and oxygen atoms in total. The molecule has 0 bridgehead atoms. The first-order chi connectivity index (χ1) is 18.4. The first-order valence-corrected chi connectivity index (χ1v) is 13.6. The summed E-state index contributed by atoms with van der Waals surface area (Å²) in [5, 5.41) is 14.5. The SMILES string of the molecule is COc1nc(NC2CCN(S(C)(=O)=O)CC2(F)F)nn2cc(F)c(-c3ccc4nnn(CCC(F)F)c4c3)c12. The van der Waals surface area contributed by atoms with Crippen molar-refractivity contribution in [1.29, 1.82) is 0 Å². The van der Waals surface area contributed by atoms with E-state index >= 15 is 4.39 Å². The fourth-order valence-electron chi connectivity index (χ4n) is 4.53. The van der Waals surface area contributed by atoms with E-state index in [9.17, 15) is 26.0 Å². The number of aromatic nitrogens is 6. The van der Waals surface area contributed by atoms with Crippen molar-refractivity contribution in [1.82, 2.24) is 33.9 Å². The number of hydrogen-bond donors (Lipinski definition) is 1. The first kappa shape index (κ1) is 27.0. The third-order valence-electron chi connectivity index (χ3n) is 6.44. The molecule has 1 atom stereocenters. The maximum Gasteiger partial charge on any atom is 0.281 e. The number of halogens is 5. The zero-order valence-electron chi connectivity index (χ0n) is 20.7. The molecule has 3 aromatic heterocycles. The van der Waals surface area contributed by atoms with E-state index < -0.39 is 47.2 Å². The summed E-state index contributed by atoms with van der Waals surface area (Å²) in [6, 6.07) is 3.18. The first-order valence-electron chi connectivity index (χ1n) is 11.7. The lowest BCUT2D eigenvalue weighted by atomic mass is 10.0. The molecule has 39 heavy (non-hydrogen) atoms. The van der Waals surface area contributed by atoms with Crippen LogP contribution in [0.15, 0.2) is 24.4 Å². The van der Waals surface area contributed by atoms with Crippen LogP contribution in [0.1, 0.15) is 12.8 Å². The zero-order chi connectivity index (χ0) is 28.1. The van der Waals surface area contributed by atoms with Crippen LogP contribution in [-0.2, 0) is 16.6 Å². The number of hydrogen-bond acceptors (Lipinski definition) is 8. The van der Waals surface area contributed by atoms with Gasteiger partial charge in [0, 0.05) is 19.5 Å². The molecule has 0 aliphatic carbocycles. The summed E-state index contributed by atoms with van der Waals surface area (Å²) in [6.45, 7) is -1.22. The number of piperidine rings is 1. The van der Waals surface area contributed by atoms with Crippen LogP contribution >= 0.6 is 0 Å². The smallest absolute Gasteiger partial charge is 0.281 e. The number of alkyl halides is 4.